The van der Waals surface area contributed by atoms with Crippen LogP contribution in [0.15, 0.2) is 22.5 Å². The molecule has 1 rings (SSSR count). The van der Waals surface area contributed by atoms with Crippen LogP contribution >= 0.6 is 0 Å². The Bertz CT molecular complexity index is 488. The second-order valence-electron chi connectivity index (χ2n) is 3.73. The Morgan fingerprint density at radius 1 is 0.895 bits per heavy atom. The van der Waals surface area contributed by atoms with Gasteiger partial charge in [0.05, 0.1) is 32.5 Å². The van der Waals surface area contributed by atoms with Crippen LogP contribution in [0.2, 0.25) is 0 Å². The summed E-state index contributed by atoms with van der Waals surface area (Å²) in [4.78, 5) is 34.8. The van der Waals surface area contributed by atoms with E-state index in [1.807, 2.05) is 0 Å². The lowest BCUT2D eigenvalue weighted by molar-refractivity contribution is -0.140. The van der Waals surface area contributed by atoms with Crippen molar-refractivity contribution in [2.45, 2.75) is 13.3 Å². The minimum Gasteiger partial charge on any atom is -0.466 e. The number of carbonyl (C=O) groups is 3. The molecule has 0 spiro atoms. The molecule has 1 aliphatic heterocycles. The molecule has 0 saturated heterocycles. The van der Waals surface area contributed by atoms with Gasteiger partial charge in [-0.25, -0.2) is 14.4 Å². The highest BCUT2D eigenvalue weighted by Crippen LogP contribution is 2.25. The summed E-state index contributed by atoms with van der Waals surface area (Å²) < 4.78 is 13.8. The lowest BCUT2D eigenvalue weighted by Gasteiger charge is -2.22. The quantitative estimate of drug-likeness (QED) is 0.570. The molecule has 1 N–H and O–H groups in total. The molecule has 0 atom stereocenters. The molecule has 0 unspecified atom stereocenters. The third-order valence-electron chi connectivity index (χ3n) is 2.67. The maximum absolute atomic E-state index is 11.7. The van der Waals surface area contributed by atoms with Gasteiger partial charge in [0, 0.05) is 12.1 Å². The van der Waals surface area contributed by atoms with Gasteiger partial charge in [-0.05, 0) is 6.92 Å². The molecule has 1 heterocycles. The third-order valence-corrected chi connectivity index (χ3v) is 2.67. The molecule has 104 valence electrons. The predicted molar refractivity (Wildman–Crippen MR) is 63.5 cm³/mol. The Hall–Kier alpha value is -2.31. The summed E-state index contributed by atoms with van der Waals surface area (Å²) >= 11 is 0. The first-order chi connectivity index (χ1) is 8.96. The van der Waals surface area contributed by atoms with Gasteiger partial charge in [-0.3, -0.25) is 0 Å². The molecule has 0 radical (unpaired) electrons. The molecule has 0 amide bonds. The number of hydrogen-bond donors (Lipinski definition) is 1. The van der Waals surface area contributed by atoms with Crippen LogP contribution in [-0.2, 0) is 28.6 Å². The number of esters is 3. The fraction of sp³-hybridized carbons (Fsp3) is 0.417. The Labute approximate surface area is 110 Å². The number of methoxy groups -OCH3 is 3. The molecule has 0 aliphatic carbocycles. The van der Waals surface area contributed by atoms with Crippen molar-refractivity contribution in [2.75, 3.05) is 21.3 Å². The van der Waals surface area contributed by atoms with E-state index in [1.54, 1.807) is 6.92 Å². The largest absolute Gasteiger partial charge is 0.466 e. The number of rotatable bonds is 3. The van der Waals surface area contributed by atoms with E-state index >= 15 is 0 Å². The van der Waals surface area contributed by atoms with Crippen molar-refractivity contribution in [2.24, 2.45) is 0 Å². The van der Waals surface area contributed by atoms with Crippen molar-refractivity contribution in [1.82, 2.24) is 5.32 Å². The van der Waals surface area contributed by atoms with Crippen molar-refractivity contribution in [3.63, 3.8) is 0 Å². The zero-order chi connectivity index (χ0) is 14.6. The van der Waals surface area contributed by atoms with Gasteiger partial charge in [-0.1, -0.05) is 0 Å². The molecule has 7 heteroatoms. The van der Waals surface area contributed by atoms with Gasteiger partial charge in [0.1, 0.15) is 5.70 Å². The molecule has 0 aromatic rings. The first kappa shape index (κ1) is 14.7. The highest BCUT2D eigenvalue weighted by Gasteiger charge is 2.31. The van der Waals surface area contributed by atoms with Crippen LogP contribution in [0.4, 0.5) is 0 Å². The van der Waals surface area contributed by atoms with Gasteiger partial charge < -0.3 is 19.5 Å². The number of hydrogen-bond acceptors (Lipinski definition) is 7. The highest BCUT2D eigenvalue weighted by atomic mass is 16.5. The predicted octanol–water partition coefficient (Wildman–Crippen LogP) is 0.0268. The summed E-state index contributed by atoms with van der Waals surface area (Å²) in [6.07, 6.45) is -0.0530. The Morgan fingerprint density at radius 3 is 1.84 bits per heavy atom. The minimum absolute atomic E-state index is 0.0281. The average Bonchev–Trinajstić information content (AvgIpc) is 2.44. The van der Waals surface area contributed by atoms with Crippen molar-refractivity contribution in [3.05, 3.63) is 22.5 Å². The second kappa shape index (κ2) is 6.03. The summed E-state index contributed by atoms with van der Waals surface area (Å²) in [6.45, 7) is 1.60. The van der Waals surface area contributed by atoms with E-state index in [2.05, 4.69) is 19.5 Å². The highest BCUT2D eigenvalue weighted by molar-refractivity contribution is 6.03. The van der Waals surface area contributed by atoms with Crippen molar-refractivity contribution < 1.29 is 28.6 Å². The van der Waals surface area contributed by atoms with Gasteiger partial charge in [0.2, 0.25) is 0 Å². The van der Waals surface area contributed by atoms with E-state index in [9.17, 15) is 14.4 Å². The van der Waals surface area contributed by atoms with Crippen LogP contribution in [0.5, 0.6) is 0 Å². The van der Waals surface area contributed by atoms with E-state index in [0.717, 1.165) is 0 Å². The Morgan fingerprint density at radius 2 is 1.37 bits per heavy atom. The Kier molecular flexibility index (Phi) is 4.68. The number of carbonyl (C=O) groups excluding carboxylic acids is 3. The standard InChI is InChI=1S/C12H15NO6/c1-6-7(10(14)17-2)5-8(11(15)18-3)9(13-6)12(16)19-4/h13H,5H2,1-4H3. The van der Waals surface area contributed by atoms with Gasteiger partial charge in [0.25, 0.3) is 0 Å². The zero-order valence-corrected chi connectivity index (χ0v) is 11.2. The lowest BCUT2D eigenvalue weighted by Crippen LogP contribution is -2.31. The van der Waals surface area contributed by atoms with Crippen molar-refractivity contribution in [1.29, 1.82) is 0 Å². The monoisotopic (exact) mass is 269 g/mol. The number of dihydropyridines is 1. The number of ether oxygens (including phenoxy) is 3. The fourth-order valence-electron chi connectivity index (χ4n) is 1.66. The molecule has 0 bridgehead atoms. The van der Waals surface area contributed by atoms with Crippen LogP contribution in [-0.4, -0.2) is 39.2 Å². The molecule has 0 fully saturated rings. The van der Waals surface area contributed by atoms with Gasteiger partial charge >= 0.3 is 17.9 Å². The molecule has 0 aromatic carbocycles. The first-order valence-corrected chi connectivity index (χ1v) is 5.41. The maximum atomic E-state index is 11.7. The number of allylic oxidation sites excluding steroid dienone is 1. The molecule has 1 aliphatic rings. The van der Waals surface area contributed by atoms with Crippen LogP contribution in [0, 0.1) is 0 Å². The van der Waals surface area contributed by atoms with Crippen molar-refractivity contribution in [3.8, 4) is 0 Å². The molecule has 7 nitrogen and oxygen atoms in total. The van der Waals surface area contributed by atoms with Crippen LogP contribution in [0.25, 0.3) is 0 Å². The second-order valence-corrected chi connectivity index (χ2v) is 3.73. The van der Waals surface area contributed by atoms with E-state index in [0.29, 0.717) is 5.70 Å². The van der Waals surface area contributed by atoms with Crippen molar-refractivity contribution >= 4 is 17.9 Å². The molecule has 0 aromatic heterocycles. The van der Waals surface area contributed by atoms with E-state index in [4.69, 9.17) is 0 Å². The van der Waals surface area contributed by atoms with Gasteiger partial charge in [0.15, 0.2) is 0 Å². The smallest absolute Gasteiger partial charge is 0.355 e. The lowest BCUT2D eigenvalue weighted by atomic mass is 9.97. The molecule has 0 saturated carbocycles. The molecular formula is C12H15NO6. The summed E-state index contributed by atoms with van der Waals surface area (Å²) in [7, 11) is 3.62. The SMILES string of the molecule is COC(=O)C1=C(C)NC(C(=O)OC)=C(C(=O)OC)C1. The maximum Gasteiger partial charge on any atom is 0.355 e. The molecular weight excluding hydrogens is 254 g/mol. The molecule has 19 heavy (non-hydrogen) atoms. The summed E-state index contributed by atoms with van der Waals surface area (Å²) in [6, 6.07) is 0. The van der Waals surface area contributed by atoms with Gasteiger partial charge in [-0.2, -0.15) is 0 Å². The summed E-state index contributed by atoms with van der Waals surface area (Å²) in [5, 5.41) is 2.68. The zero-order valence-electron chi connectivity index (χ0n) is 11.2. The van der Waals surface area contributed by atoms with E-state index < -0.39 is 17.9 Å². The van der Waals surface area contributed by atoms with E-state index in [-0.39, 0.29) is 23.3 Å². The van der Waals surface area contributed by atoms with Crippen LogP contribution < -0.4 is 5.32 Å². The minimum atomic E-state index is -0.707. The normalized spacial score (nSPS) is 14.7. The number of nitrogens with one attached hydrogen (secondary N) is 1. The average molecular weight is 269 g/mol. The van der Waals surface area contributed by atoms with E-state index in [1.165, 1.54) is 21.3 Å². The summed E-state index contributed by atoms with van der Waals surface area (Å²) in [5.41, 5.74) is 0.690. The third kappa shape index (κ3) is 2.93. The Balaban J connectivity index is 3.20. The first-order valence-electron chi connectivity index (χ1n) is 5.41. The van der Waals surface area contributed by atoms with Crippen LogP contribution in [0.1, 0.15) is 13.3 Å². The fourth-order valence-corrected chi connectivity index (χ4v) is 1.66. The topological polar surface area (TPSA) is 90.9 Å². The van der Waals surface area contributed by atoms with Gasteiger partial charge in [-0.15, -0.1) is 0 Å². The summed E-state index contributed by atoms with van der Waals surface area (Å²) in [5.74, 6) is -1.99. The van der Waals surface area contributed by atoms with Crippen LogP contribution in [0.3, 0.4) is 0 Å².